The summed E-state index contributed by atoms with van der Waals surface area (Å²) in [4.78, 5) is 14.0. The number of benzene rings is 1. The highest BCUT2D eigenvalue weighted by atomic mass is 35.5. The van der Waals surface area contributed by atoms with Gasteiger partial charge in [-0.25, -0.2) is 4.79 Å². The molecule has 0 aliphatic carbocycles. The molecule has 1 fully saturated rings. The largest absolute Gasteiger partial charge is 0.444 e. The predicted molar refractivity (Wildman–Crippen MR) is 85.6 cm³/mol. The van der Waals surface area contributed by atoms with Gasteiger partial charge in [0.15, 0.2) is 0 Å². The summed E-state index contributed by atoms with van der Waals surface area (Å²) in [5, 5.41) is 0.571. The Morgan fingerprint density at radius 3 is 2.76 bits per heavy atom. The number of hydrogen-bond acceptors (Lipinski definition) is 3. The van der Waals surface area contributed by atoms with Crippen LogP contribution in [0.15, 0.2) is 18.2 Å². The first-order chi connectivity index (χ1) is 9.76. The van der Waals surface area contributed by atoms with Crippen LogP contribution in [-0.4, -0.2) is 29.7 Å². The van der Waals surface area contributed by atoms with Gasteiger partial charge in [0, 0.05) is 19.0 Å². The fourth-order valence-electron chi connectivity index (χ4n) is 2.54. The quantitative estimate of drug-likeness (QED) is 0.797. The fraction of sp³-hybridized carbons (Fsp3) is 0.562. The minimum Gasteiger partial charge on any atom is -0.444 e. The maximum absolute atomic E-state index is 12.2. The summed E-state index contributed by atoms with van der Waals surface area (Å²) in [6.45, 7) is 7.05. The highest BCUT2D eigenvalue weighted by molar-refractivity contribution is 6.33. The summed E-state index contributed by atoms with van der Waals surface area (Å²) in [5.74, 6) is 0.282. The van der Waals surface area contributed by atoms with Gasteiger partial charge < -0.3 is 15.4 Å². The van der Waals surface area contributed by atoms with Crippen molar-refractivity contribution in [3.63, 3.8) is 0 Å². The van der Waals surface area contributed by atoms with Crippen LogP contribution < -0.4 is 5.73 Å². The van der Waals surface area contributed by atoms with E-state index < -0.39 is 5.60 Å². The first kappa shape index (κ1) is 16.0. The molecule has 4 nitrogen and oxygen atoms in total. The lowest BCUT2D eigenvalue weighted by atomic mass is 9.90. The lowest BCUT2D eigenvalue weighted by molar-refractivity contribution is 0.0198. The molecular formula is C16H23ClN2O2. The predicted octanol–water partition coefficient (Wildman–Crippen LogP) is 4.04. The maximum Gasteiger partial charge on any atom is 0.410 e. The van der Waals surface area contributed by atoms with Crippen molar-refractivity contribution in [2.45, 2.75) is 45.1 Å². The molecule has 1 aliphatic heterocycles. The van der Waals surface area contributed by atoms with Crippen LogP contribution in [0.2, 0.25) is 5.02 Å². The molecule has 0 spiro atoms. The van der Waals surface area contributed by atoms with Crippen LogP contribution >= 0.6 is 11.6 Å². The molecule has 5 heteroatoms. The number of ether oxygens (including phenoxy) is 1. The summed E-state index contributed by atoms with van der Waals surface area (Å²) >= 11 is 6.09. The van der Waals surface area contributed by atoms with Gasteiger partial charge in [-0.05, 0) is 51.3 Å². The van der Waals surface area contributed by atoms with Gasteiger partial charge in [0.25, 0.3) is 0 Å². The number of piperidine rings is 1. The van der Waals surface area contributed by atoms with Crippen molar-refractivity contribution in [3.8, 4) is 0 Å². The molecule has 21 heavy (non-hydrogen) atoms. The third-order valence-electron chi connectivity index (χ3n) is 3.57. The van der Waals surface area contributed by atoms with Crippen molar-refractivity contribution in [3.05, 3.63) is 28.8 Å². The van der Waals surface area contributed by atoms with E-state index in [4.69, 9.17) is 22.1 Å². The molecule has 1 unspecified atom stereocenters. The zero-order valence-electron chi connectivity index (χ0n) is 12.9. The SMILES string of the molecule is CC(C)(C)OC(=O)N1CCCC(c2ccc(N)c(Cl)c2)C1. The number of carbonyl (C=O) groups is 1. The second-order valence-corrected chi connectivity index (χ2v) is 6.95. The number of rotatable bonds is 1. The monoisotopic (exact) mass is 310 g/mol. The number of likely N-dealkylation sites (tertiary alicyclic amines) is 1. The molecule has 0 saturated carbocycles. The number of amides is 1. The Morgan fingerprint density at radius 1 is 1.43 bits per heavy atom. The van der Waals surface area contributed by atoms with Crippen molar-refractivity contribution < 1.29 is 9.53 Å². The highest BCUT2D eigenvalue weighted by Crippen LogP contribution is 2.31. The van der Waals surface area contributed by atoms with Crippen molar-refractivity contribution in [2.24, 2.45) is 0 Å². The van der Waals surface area contributed by atoms with Crippen LogP contribution in [0.1, 0.15) is 45.1 Å². The van der Waals surface area contributed by atoms with Gasteiger partial charge in [-0.1, -0.05) is 17.7 Å². The third-order valence-corrected chi connectivity index (χ3v) is 3.90. The normalized spacial score (nSPS) is 19.4. The fourth-order valence-corrected chi connectivity index (χ4v) is 2.73. The lowest BCUT2D eigenvalue weighted by Crippen LogP contribution is -2.42. The average Bonchev–Trinajstić information content (AvgIpc) is 2.40. The van der Waals surface area contributed by atoms with Crippen molar-refractivity contribution >= 4 is 23.4 Å². The Bertz CT molecular complexity index is 525. The molecule has 1 amide bonds. The van der Waals surface area contributed by atoms with E-state index in [0.29, 0.717) is 17.3 Å². The van der Waals surface area contributed by atoms with Gasteiger partial charge in [0.1, 0.15) is 5.60 Å². The van der Waals surface area contributed by atoms with Crippen LogP contribution in [0.4, 0.5) is 10.5 Å². The van der Waals surface area contributed by atoms with Gasteiger partial charge in [-0.15, -0.1) is 0 Å². The van der Waals surface area contributed by atoms with E-state index in [-0.39, 0.29) is 12.0 Å². The van der Waals surface area contributed by atoms with Crippen LogP contribution in [0.25, 0.3) is 0 Å². The molecule has 1 heterocycles. The van der Waals surface area contributed by atoms with Crippen molar-refractivity contribution in [1.82, 2.24) is 4.90 Å². The maximum atomic E-state index is 12.2. The summed E-state index contributed by atoms with van der Waals surface area (Å²) in [5.41, 5.74) is 6.99. The standard InChI is InChI=1S/C16H23ClN2O2/c1-16(2,3)21-15(20)19-8-4-5-12(10-19)11-6-7-14(18)13(17)9-11/h6-7,9,12H,4-5,8,10,18H2,1-3H3. The molecule has 2 rings (SSSR count). The van der Waals surface area contributed by atoms with Crippen LogP contribution in [0.5, 0.6) is 0 Å². The molecule has 1 aromatic carbocycles. The van der Waals surface area contributed by atoms with E-state index in [1.165, 1.54) is 0 Å². The zero-order chi connectivity index (χ0) is 15.6. The first-order valence-electron chi connectivity index (χ1n) is 7.29. The number of nitrogens with zero attached hydrogens (tertiary/aromatic N) is 1. The summed E-state index contributed by atoms with van der Waals surface area (Å²) < 4.78 is 5.45. The Balaban J connectivity index is 2.06. The van der Waals surface area contributed by atoms with Gasteiger partial charge in [0.2, 0.25) is 0 Å². The zero-order valence-corrected chi connectivity index (χ0v) is 13.6. The molecule has 1 atom stereocenters. The molecule has 1 aromatic rings. The minimum atomic E-state index is -0.464. The van der Waals surface area contributed by atoms with Gasteiger partial charge >= 0.3 is 6.09 Å². The molecule has 1 saturated heterocycles. The van der Waals surface area contributed by atoms with E-state index in [1.807, 2.05) is 39.0 Å². The lowest BCUT2D eigenvalue weighted by Gasteiger charge is -2.34. The van der Waals surface area contributed by atoms with Gasteiger partial charge in [-0.2, -0.15) is 0 Å². The number of hydrogen-bond donors (Lipinski definition) is 1. The third kappa shape index (κ3) is 4.27. The molecule has 2 N–H and O–H groups in total. The minimum absolute atomic E-state index is 0.242. The molecule has 0 bridgehead atoms. The molecule has 0 radical (unpaired) electrons. The van der Waals surface area contributed by atoms with Crippen molar-refractivity contribution in [1.29, 1.82) is 0 Å². The van der Waals surface area contributed by atoms with Crippen LogP contribution in [0.3, 0.4) is 0 Å². The summed E-state index contributed by atoms with van der Waals surface area (Å²) in [7, 11) is 0. The van der Waals surface area contributed by atoms with E-state index in [0.717, 1.165) is 24.9 Å². The number of nitrogens with two attached hydrogens (primary N) is 1. The van der Waals surface area contributed by atoms with E-state index in [9.17, 15) is 4.79 Å². The van der Waals surface area contributed by atoms with Crippen LogP contribution in [0, 0.1) is 0 Å². The molecule has 116 valence electrons. The van der Waals surface area contributed by atoms with E-state index in [2.05, 4.69) is 0 Å². The average molecular weight is 311 g/mol. The number of nitrogen functional groups attached to an aromatic ring is 1. The highest BCUT2D eigenvalue weighted by Gasteiger charge is 2.28. The summed E-state index contributed by atoms with van der Waals surface area (Å²) in [6.07, 6.45) is 1.76. The smallest absolute Gasteiger partial charge is 0.410 e. The summed E-state index contributed by atoms with van der Waals surface area (Å²) in [6, 6.07) is 5.72. The molecule has 0 aromatic heterocycles. The Labute approximate surface area is 131 Å². The van der Waals surface area contributed by atoms with E-state index in [1.54, 1.807) is 4.90 Å². The van der Waals surface area contributed by atoms with E-state index >= 15 is 0 Å². The molecular weight excluding hydrogens is 288 g/mol. The Kier molecular flexibility index (Phi) is 4.67. The number of halogens is 1. The van der Waals surface area contributed by atoms with Crippen molar-refractivity contribution in [2.75, 3.05) is 18.8 Å². The second-order valence-electron chi connectivity index (χ2n) is 6.55. The van der Waals surface area contributed by atoms with Gasteiger partial charge in [-0.3, -0.25) is 0 Å². The molecule has 1 aliphatic rings. The topological polar surface area (TPSA) is 55.6 Å². The first-order valence-corrected chi connectivity index (χ1v) is 7.67. The van der Waals surface area contributed by atoms with Crippen LogP contribution in [-0.2, 0) is 4.74 Å². The van der Waals surface area contributed by atoms with Gasteiger partial charge in [0.05, 0.1) is 10.7 Å². The Hall–Kier alpha value is -1.42. The number of anilines is 1. The second kappa shape index (κ2) is 6.14. The number of carbonyl (C=O) groups excluding carboxylic acids is 1. The Morgan fingerprint density at radius 2 is 2.14 bits per heavy atom.